The van der Waals surface area contributed by atoms with Gasteiger partial charge in [0.05, 0.1) is 41.7 Å². The summed E-state index contributed by atoms with van der Waals surface area (Å²) in [5.41, 5.74) is 7.10. The number of amides is 1. The van der Waals surface area contributed by atoms with Gasteiger partial charge in [0.1, 0.15) is 0 Å². The molecule has 35 heavy (non-hydrogen) atoms. The van der Waals surface area contributed by atoms with Gasteiger partial charge < -0.3 is 11.1 Å². The lowest BCUT2D eigenvalue weighted by molar-refractivity contribution is -0.124. The van der Waals surface area contributed by atoms with Gasteiger partial charge in [-0.05, 0) is 43.2 Å². The van der Waals surface area contributed by atoms with Crippen molar-refractivity contribution in [3.63, 3.8) is 0 Å². The fourth-order valence-electron chi connectivity index (χ4n) is 5.39. The van der Waals surface area contributed by atoms with Gasteiger partial charge in [0, 0.05) is 31.6 Å². The molecule has 0 radical (unpaired) electrons. The number of hydrogen-bond donors (Lipinski definition) is 2. The molecule has 0 bridgehead atoms. The molecule has 3 fully saturated rings. The first kappa shape index (κ1) is 24.0. The molecule has 0 aliphatic heterocycles. The molecule has 0 spiro atoms. The van der Waals surface area contributed by atoms with Crippen LogP contribution in [0.3, 0.4) is 0 Å². The third-order valence-corrected chi connectivity index (χ3v) is 8.02. The van der Waals surface area contributed by atoms with Crippen molar-refractivity contribution in [1.82, 2.24) is 19.9 Å². The van der Waals surface area contributed by atoms with Gasteiger partial charge in [-0.2, -0.15) is 10.4 Å². The maximum absolute atomic E-state index is 13.5. The van der Waals surface area contributed by atoms with Crippen molar-refractivity contribution in [2.45, 2.75) is 81.7 Å². The van der Waals surface area contributed by atoms with Crippen LogP contribution in [0.2, 0.25) is 0 Å². The van der Waals surface area contributed by atoms with Crippen LogP contribution in [0.25, 0.3) is 5.65 Å². The highest BCUT2D eigenvalue weighted by Crippen LogP contribution is 2.52. The summed E-state index contributed by atoms with van der Waals surface area (Å²) in [6.07, 6.45) is 4.88. The number of fused-ring (bicyclic) bond motifs is 1. The zero-order valence-electron chi connectivity index (χ0n) is 19.2. The van der Waals surface area contributed by atoms with Gasteiger partial charge in [-0.15, -0.1) is 0 Å². The molecule has 0 aromatic carbocycles. The average Bonchev–Trinajstić information content (AvgIpc) is 3.17. The van der Waals surface area contributed by atoms with E-state index in [0.29, 0.717) is 42.6 Å². The van der Waals surface area contributed by atoms with Crippen LogP contribution in [0.15, 0.2) is 18.5 Å². The Morgan fingerprint density at radius 2 is 1.94 bits per heavy atom. The molecule has 7 nitrogen and oxygen atoms in total. The number of nitrogens with two attached hydrogens (primary N) is 1. The third-order valence-electron chi connectivity index (χ3n) is 8.02. The Balaban J connectivity index is 1.37. The van der Waals surface area contributed by atoms with Crippen molar-refractivity contribution >= 4 is 11.6 Å². The summed E-state index contributed by atoms with van der Waals surface area (Å²) >= 11 is 0. The van der Waals surface area contributed by atoms with Crippen LogP contribution < -0.4 is 11.1 Å². The van der Waals surface area contributed by atoms with Gasteiger partial charge >= 0.3 is 0 Å². The van der Waals surface area contributed by atoms with Crippen LogP contribution in [-0.4, -0.2) is 32.4 Å². The highest BCUT2D eigenvalue weighted by atomic mass is 19.3. The Morgan fingerprint density at radius 1 is 1.26 bits per heavy atom. The predicted octanol–water partition coefficient (Wildman–Crippen LogP) is 4.45. The number of hydrogen-bond acceptors (Lipinski definition) is 5. The van der Waals surface area contributed by atoms with Crippen molar-refractivity contribution in [2.75, 3.05) is 0 Å². The Bertz CT molecular complexity index is 1160. The van der Waals surface area contributed by atoms with E-state index in [1.54, 1.807) is 18.5 Å². The molecule has 3 aliphatic rings. The average molecular weight is 493 g/mol. The normalized spacial score (nSPS) is 26.3. The van der Waals surface area contributed by atoms with Crippen LogP contribution >= 0.6 is 0 Å². The number of carbonyl (C=O) groups excluding carboxylic acids is 1. The summed E-state index contributed by atoms with van der Waals surface area (Å²) in [4.78, 5) is 17.1. The van der Waals surface area contributed by atoms with Crippen molar-refractivity contribution in [3.8, 4) is 6.07 Å². The van der Waals surface area contributed by atoms with Gasteiger partial charge in [-0.3, -0.25) is 4.79 Å². The summed E-state index contributed by atoms with van der Waals surface area (Å²) in [6.45, 7) is 0. The van der Waals surface area contributed by atoms with Crippen LogP contribution in [0.5, 0.6) is 0 Å². The topological polar surface area (TPSA) is 109 Å². The molecule has 1 unspecified atom stereocenters. The molecule has 2 heterocycles. The Labute approximate surface area is 200 Å². The van der Waals surface area contributed by atoms with Crippen molar-refractivity contribution in [2.24, 2.45) is 23.0 Å². The molecule has 1 amide bonds. The first-order valence-electron chi connectivity index (χ1n) is 12.1. The number of nitrogens with one attached hydrogen (secondary N) is 1. The summed E-state index contributed by atoms with van der Waals surface area (Å²) in [6, 6.07) is 2.83. The molecule has 188 valence electrons. The van der Waals surface area contributed by atoms with Gasteiger partial charge in [-0.1, -0.05) is 6.42 Å². The Kier molecular flexibility index (Phi) is 5.78. The van der Waals surface area contributed by atoms with E-state index in [9.17, 15) is 27.6 Å². The molecule has 3 aliphatic carbocycles. The molecule has 2 aromatic rings. The van der Waals surface area contributed by atoms with Gasteiger partial charge in [0.15, 0.2) is 5.65 Å². The largest absolute Gasteiger partial charge is 0.348 e. The predicted molar refractivity (Wildman–Crippen MR) is 117 cm³/mol. The first-order chi connectivity index (χ1) is 16.5. The van der Waals surface area contributed by atoms with E-state index in [4.69, 9.17) is 5.73 Å². The van der Waals surface area contributed by atoms with E-state index in [1.807, 2.05) is 0 Å². The van der Waals surface area contributed by atoms with E-state index in [0.717, 1.165) is 6.42 Å². The number of rotatable bonds is 7. The Hall–Kier alpha value is -2.74. The molecule has 11 heteroatoms. The second-order valence-electron chi connectivity index (χ2n) is 10.5. The minimum absolute atomic E-state index is 0.108. The lowest BCUT2D eigenvalue weighted by Gasteiger charge is -2.42. The molecule has 5 rings (SSSR count). The minimum Gasteiger partial charge on any atom is -0.348 e. The van der Waals surface area contributed by atoms with Gasteiger partial charge in [0.2, 0.25) is 11.8 Å². The number of imidazole rings is 1. The Morgan fingerprint density at radius 3 is 2.51 bits per heavy atom. The highest BCUT2D eigenvalue weighted by molar-refractivity contribution is 5.77. The maximum atomic E-state index is 13.5. The number of carbonyl (C=O) groups is 1. The molecule has 3 saturated carbocycles. The molecule has 2 aromatic heterocycles. The van der Waals surface area contributed by atoms with E-state index in [1.165, 1.54) is 4.52 Å². The lowest BCUT2D eigenvalue weighted by Crippen LogP contribution is -2.44. The molecule has 3 atom stereocenters. The number of halogens is 4. The van der Waals surface area contributed by atoms with Crippen LogP contribution in [0.4, 0.5) is 17.6 Å². The van der Waals surface area contributed by atoms with Gasteiger partial charge in [0.25, 0.3) is 5.92 Å². The molecular weight excluding hydrogens is 464 g/mol. The first-order valence-corrected chi connectivity index (χ1v) is 12.1. The minimum atomic E-state index is -2.80. The van der Waals surface area contributed by atoms with E-state index < -0.39 is 41.2 Å². The lowest BCUT2D eigenvalue weighted by atomic mass is 9.63. The quantitative estimate of drug-likeness (QED) is 0.555. The van der Waals surface area contributed by atoms with Crippen molar-refractivity contribution < 1.29 is 22.4 Å². The zero-order valence-corrected chi connectivity index (χ0v) is 19.2. The fraction of sp³-hybridized carbons (Fsp3) is 0.667. The molecule has 0 saturated heterocycles. The van der Waals surface area contributed by atoms with Crippen molar-refractivity contribution in [1.29, 1.82) is 5.26 Å². The van der Waals surface area contributed by atoms with Gasteiger partial charge in [-0.25, -0.2) is 27.1 Å². The van der Waals surface area contributed by atoms with Crippen LogP contribution in [0.1, 0.15) is 81.1 Å². The number of nitriles is 1. The molecular formula is C24H28F4N6O. The summed E-state index contributed by atoms with van der Waals surface area (Å²) in [5, 5.41) is 17.1. The number of nitrogens with zero attached hydrogens (tertiary/aromatic N) is 4. The number of alkyl halides is 4. The van der Waals surface area contributed by atoms with Crippen molar-refractivity contribution in [3.05, 3.63) is 29.7 Å². The third kappa shape index (κ3) is 4.60. The fourth-order valence-corrected chi connectivity index (χ4v) is 5.39. The van der Waals surface area contributed by atoms with Crippen LogP contribution in [-0.2, 0) is 4.79 Å². The van der Waals surface area contributed by atoms with Crippen LogP contribution in [0, 0.1) is 28.6 Å². The molecule has 3 N–H and O–H groups in total. The zero-order chi connectivity index (χ0) is 25.0. The maximum Gasteiger partial charge on any atom is 0.252 e. The van der Waals surface area contributed by atoms with E-state index in [-0.39, 0.29) is 31.6 Å². The summed E-state index contributed by atoms with van der Waals surface area (Å²) < 4.78 is 55.2. The smallest absolute Gasteiger partial charge is 0.252 e. The SMILES string of the molecule is N#CC1([C@@H](NC(=O)CC2CC2(F)F)c2cnn3cc([C@@H](N)C4CCC(F)(F)CC4)nc3c2)CCC1. The summed E-state index contributed by atoms with van der Waals surface area (Å²) in [7, 11) is 0. The number of aromatic nitrogens is 3. The summed E-state index contributed by atoms with van der Waals surface area (Å²) in [5.74, 6) is -7.02. The van der Waals surface area contributed by atoms with E-state index in [2.05, 4.69) is 21.5 Å². The standard InChI is InChI=1S/C24H28F4N6O/c25-23(26)6-2-14(3-7-23)20(30)17-12-34-18(32-17)8-15(11-31-34)21(22(13-29)4-1-5-22)33-19(35)9-16-10-24(16,27)28/h8,11-12,14,16,20-21H,1-7,9-10,30H2,(H,33,35)/t16?,20-,21-/m0/s1. The monoisotopic (exact) mass is 492 g/mol. The second kappa shape index (κ2) is 8.43. The highest BCUT2D eigenvalue weighted by Gasteiger charge is 2.57. The second-order valence-corrected chi connectivity index (χ2v) is 10.5. The van der Waals surface area contributed by atoms with E-state index >= 15 is 0 Å².